The van der Waals surface area contributed by atoms with Crippen LogP contribution in [0.5, 0.6) is 17.2 Å². The van der Waals surface area contributed by atoms with Crippen molar-refractivity contribution in [3.63, 3.8) is 0 Å². The molecule has 0 radical (unpaired) electrons. The number of benzene rings is 3. The molecule has 1 aromatic heterocycles. The molecule has 15 rings (SSSR count). The molecule has 3 aromatic carbocycles. The summed E-state index contributed by atoms with van der Waals surface area (Å²) in [6.07, 6.45) is 17.1. The molecule has 3 fully saturated rings. The van der Waals surface area contributed by atoms with E-state index in [-0.39, 0.29) is 99.9 Å². The zero-order chi connectivity index (χ0) is 63.3. The Bertz CT molecular complexity index is 3920. The van der Waals surface area contributed by atoms with Crippen LogP contribution in [0.4, 0.5) is 0 Å². The Balaban J connectivity index is 0.934. The lowest BCUT2D eigenvalue weighted by molar-refractivity contribution is -0.173. The molecular weight excluding hydrogens is 1150 g/mol. The largest absolute Gasteiger partial charge is 0.508 e. The molecule has 6 aliphatic carbocycles. The van der Waals surface area contributed by atoms with E-state index in [1.54, 1.807) is 25.1 Å². The summed E-state index contributed by atoms with van der Waals surface area (Å²) in [5.74, 6) is -3.52. The first-order valence-corrected chi connectivity index (χ1v) is 34.0. The van der Waals surface area contributed by atoms with Gasteiger partial charge in [0, 0.05) is 60.2 Å². The zero-order valence-corrected chi connectivity index (χ0v) is 53.1. The van der Waals surface area contributed by atoms with Crippen molar-refractivity contribution in [2.45, 2.75) is 203 Å². The minimum atomic E-state index is -1.63. The number of ether oxygens (including phenoxy) is 2. The molecule has 482 valence electrons. The molecular formula is C75H90N4O12. The number of rotatable bonds is 9. The number of carbonyl (C=O) groups excluding carboxylic acids is 1. The molecule has 16 nitrogen and oxygen atoms in total. The van der Waals surface area contributed by atoms with E-state index in [1.807, 2.05) is 25.1 Å². The summed E-state index contributed by atoms with van der Waals surface area (Å²) >= 11 is 0. The number of aliphatic hydroxyl groups is 5. The molecule has 0 saturated heterocycles. The molecule has 3 saturated carbocycles. The van der Waals surface area contributed by atoms with Gasteiger partial charge in [-0.15, -0.1) is 0 Å². The van der Waals surface area contributed by atoms with E-state index >= 15 is 4.79 Å². The highest BCUT2D eigenvalue weighted by Gasteiger charge is 2.63. The lowest BCUT2D eigenvalue weighted by atomic mass is 9.54. The number of aromatic hydroxyl groups is 2. The maximum Gasteiger partial charge on any atom is 0.337 e. The highest BCUT2D eigenvalue weighted by atomic mass is 16.6. The van der Waals surface area contributed by atoms with Crippen molar-refractivity contribution in [1.29, 1.82) is 0 Å². The summed E-state index contributed by atoms with van der Waals surface area (Å²) in [5.41, 5.74) is 14.4. The summed E-state index contributed by atoms with van der Waals surface area (Å²) in [7, 11) is 0. The number of esters is 1. The van der Waals surface area contributed by atoms with Gasteiger partial charge in [-0.1, -0.05) is 75.3 Å². The zero-order valence-electron chi connectivity index (χ0n) is 53.1. The third kappa shape index (κ3) is 9.47. The van der Waals surface area contributed by atoms with Gasteiger partial charge in [0.2, 0.25) is 0 Å². The summed E-state index contributed by atoms with van der Waals surface area (Å²) < 4.78 is 22.1. The van der Waals surface area contributed by atoms with Crippen molar-refractivity contribution in [2.24, 2.45) is 46.7 Å². The fourth-order valence-corrected chi connectivity index (χ4v) is 20.8. The quantitative estimate of drug-likeness (QED) is 0.0550. The fourth-order valence-electron chi connectivity index (χ4n) is 20.8. The second-order valence-electron chi connectivity index (χ2n) is 29.9. The molecule has 11 aliphatic rings. The van der Waals surface area contributed by atoms with E-state index in [0.29, 0.717) is 81.6 Å². The van der Waals surface area contributed by atoms with Crippen LogP contribution in [-0.4, -0.2) is 90.5 Å². The number of fused-ring (bicyclic) bond motifs is 14. The maximum absolute atomic E-state index is 16.2. The van der Waals surface area contributed by atoms with E-state index in [2.05, 4.69) is 67.2 Å². The first-order chi connectivity index (χ1) is 43.8. The van der Waals surface area contributed by atoms with Crippen LogP contribution in [0, 0.1) is 40.9 Å². The normalized spacial score (nSPS) is 34.5. The first-order valence-electron chi connectivity index (χ1n) is 34.0. The van der Waals surface area contributed by atoms with Crippen molar-refractivity contribution >= 4 is 16.9 Å². The van der Waals surface area contributed by atoms with Crippen molar-refractivity contribution in [3.05, 3.63) is 167 Å². The third-order valence-corrected chi connectivity index (χ3v) is 24.5. The van der Waals surface area contributed by atoms with Gasteiger partial charge in [-0.3, -0.25) is 10.1 Å². The molecule has 0 amide bonds. The highest BCUT2D eigenvalue weighted by molar-refractivity contribution is 5.93. The average Bonchev–Trinajstić information content (AvgIpc) is 1.70. The van der Waals surface area contributed by atoms with Gasteiger partial charge in [0.15, 0.2) is 5.43 Å². The van der Waals surface area contributed by atoms with E-state index in [9.17, 15) is 40.5 Å². The van der Waals surface area contributed by atoms with Crippen LogP contribution in [0.25, 0.3) is 11.0 Å². The second-order valence-corrected chi connectivity index (χ2v) is 29.9. The van der Waals surface area contributed by atoms with Crippen LogP contribution in [-0.2, 0) is 29.0 Å². The summed E-state index contributed by atoms with van der Waals surface area (Å²) in [5, 5.41) is 95.8. The Morgan fingerprint density at radius 3 is 2.56 bits per heavy atom. The van der Waals surface area contributed by atoms with Crippen LogP contribution in [0.3, 0.4) is 0 Å². The summed E-state index contributed by atoms with van der Waals surface area (Å²) in [4.78, 5) is 31.2. The van der Waals surface area contributed by atoms with Gasteiger partial charge in [0.05, 0.1) is 30.0 Å². The van der Waals surface area contributed by atoms with Crippen LogP contribution in [0.15, 0.2) is 121 Å². The third-order valence-electron chi connectivity index (χ3n) is 24.5. The molecule has 1 spiro atoms. The standard InChI is InChI=1S/C75H90N4O12/c1-6-56(75(88)32-41-25-43(75)24-39-23-40(26-45(83)22-36(2)3)66(85)52-11-9-10-48(41)60(39)52)72(87)90-59-30-54-67(86)63-58(84)29-46(34-80)89-69(63)64-61-51-18-21-77-70(76)62(51)65(74(19-7-8-20-74)31-38-13-14-44(82)28-53(38)55(61)35-81)50-17-16-47-42(27-57(50)73(59,5)91-68(54)64)33-78-71-49(47)15-12-37(4)79-71/h6,9-15,18,28-29,33,36-37,39-41,43,45,50,55,57,59,61,65-66,71,77-83,85-86,88H,7-8,16-17,19-27,30-32,34-35,76H2,1-5H3. The summed E-state index contributed by atoms with van der Waals surface area (Å²) in [6.45, 7) is 9.45. The molecule has 6 bridgehead atoms. The molecule has 4 aromatic rings. The number of nitrogens with one attached hydrogen (secondary N) is 3. The number of hydrogen-bond donors (Lipinski definition) is 11. The van der Waals surface area contributed by atoms with Gasteiger partial charge in [0.25, 0.3) is 0 Å². The van der Waals surface area contributed by atoms with Gasteiger partial charge in [-0.2, -0.15) is 0 Å². The SMILES string of the molecule is CC=C(C(=O)OC1Cc2c3c(c4oc(CO)cc(=O)c4c2O)C2C4=CCNC(N)=C4C(C4CCC5=C6C=CC(C)NC6NC=C5CC4C1(C)O3)C1(CCCC1)Cc1ccc(O)cc1C2CO)C1(O)CC2CC1CC1CC(CC(O)CC(C)C)C(O)c3cccc2c31. The molecule has 16 atom stereocenters. The molecule has 5 aliphatic heterocycles. The Morgan fingerprint density at radius 1 is 1.00 bits per heavy atom. The Hall–Kier alpha value is -6.66. The van der Waals surface area contributed by atoms with Gasteiger partial charge < -0.3 is 66.0 Å². The van der Waals surface area contributed by atoms with Crippen molar-refractivity contribution in [2.75, 3.05) is 13.2 Å². The van der Waals surface area contributed by atoms with E-state index < -0.39 is 83.0 Å². The number of allylic oxidation sites excluding steroid dienone is 5. The van der Waals surface area contributed by atoms with Crippen molar-refractivity contribution < 1.29 is 54.4 Å². The van der Waals surface area contributed by atoms with Crippen LogP contribution in [0.1, 0.15) is 193 Å². The Labute approximate surface area is 532 Å². The smallest absolute Gasteiger partial charge is 0.337 e. The van der Waals surface area contributed by atoms with Crippen LogP contribution >= 0.6 is 0 Å². The van der Waals surface area contributed by atoms with Crippen LogP contribution < -0.4 is 31.8 Å². The topological polar surface area (TPSA) is 269 Å². The van der Waals surface area contributed by atoms with E-state index in [1.165, 1.54) is 17.2 Å². The number of carbonyl (C=O) groups is 1. The number of phenolic OH excluding ortho intramolecular Hbond substituents is 2. The van der Waals surface area contributed by atoms with Gasteiger partial charge in [-0.25, -0.2) is 4.79 Å². The molecule has 91 heavy (non-hydrogen) atoms. The second kappa shape index (κ2) is 22.5. The molecule has 12 N–H and O–H groups in total. The molecule has 16 unspecified atom stereocenters. The number of hydrogen-bond acceptors (Lipinski definition) is 16. The lowest BCUT2D eigenvalue weighted by Gasteiger charge is -2.55. The Morgan fingerprint density at radius 2 is 1.79 bits per heavy atom. The minimum absolute atomic E-state index is 0.0125. The number of aliphatic hydroxyl groups excluding tert-OH is 4. The predicted octanol–water partition coefficient (Wildman–Crippen LogP) is 9.89. The highest BCUT2D eigenvalue weighted by Crippen LogP contribution is 2.67. The van der Waals surface area contributed by atoms with E-state index in [0.717, 1.165) is 70.2 Å². The molecule has 6 heterocycles. The summed E-state index contributed by atoms with van der Waals surface area (Å²) in [6, 6.07) is 13.0. The van der Waals surface area contributed by atoms with Gasteiger partial charge >= 0.3 is 5.97 Å². The number of phenols is 2. The minimum Gasteiger partial charge on any atom is -0.508 e. The van der Waals surface area contributed by atoms with Crippen molar-refractivity contribution in [1.82, 2.24) is 16.0 Å². The van der Waals surface area contributed by atoms with Gasteiger partial charge in [-0.05, 0) is 212 Å². The van der Waals surface area contributed by atoms with Gasteiger partial charge in [0.1, 0.15) is 64.3 Å². The molecule has 16 heteroatoms. The fraction of sp³-hybridized carbons (Fsp3) is 0.547. The van der Waals surface area contributed by atoms with Crippen molar-refractivity contribution in [3.8, 4) is 17.2 Å². The monoisotopic (exact) mass is 1240 g/mol. The predicted molar refractivity (Wildman–Crippen MR) is 344 cm³/mol. The number of nitrogens with two attached hydrogens (primary N) is 1. The lowest BCUT2D eigenvalue weighted by Crippen LogP contribution is -2.60. The average molecular weight is 1240 g/mol. The Kier molecular flexibility index (Phi) is 15.0. The van der Waals surface area contributed by atoms with E-state index in [4.69, 9.17) is 19.6 Å². The van der Waals surface area contributed by atoms with Crippen LogP contribution in [0.2, 0.25) is 0 Å². The number of dihydropyridines is 2. The maximum atomic E-state index is 16.2. The first kappa shape index (κ1) is 60.6.